The van der Waals surface area contributed by atoms with Crippen LogP contribution in [0.2, 0.25) is 0 Å². The number of aliphatic hydroxyl groups is 1. The molecule has 0 bridgehead atoms. The molecule has 1 atom stereocenters. The molecule has 0 radical (unpaired) electrons. The Kier molecular flexibility index (Phi) is 5.12. The predicted octanol–water partition coefficient (Wildman–Crippen LogP) is 2.20. The van der Waals surface area contributed by atoms with Crippen LogP contribution in [-0.2, 0) is 11.3 Å². The topological polar surface area (TPSA) is 41.9 Å². The maximum absolute atomic E-state index is 9.49. The third-order valence-electron chi connectivity index (χ3n) is 4.50. The van der Waals surface area contributed by atoms with Gasteiger partial charge in [0.05, 0.1) is 32.0 Å². The molecule has 1 aliphatic carbocycles. The van der Waals surface area contributed by atoms with E-state index in [1.807, 2.05) is 6.07 Å². The van der Waals surface area contributed by atoms with E-state index in [1.54, 1.807) is 0 Å². The number of benzene rings is 1. The molecule has 1 heterocycles. The lowest BCUT2D eigenvalue weighted by molar-refractivity contribution is -0.0316. The van der Waals surface area contributed by atoms with Crippen molar-refractivity contribution in [2.24, 2.45) is 0 Å². The Balaban J connectivity index is 1.68. The zero-order valence-corrected chi connectivity index (χ0v) is 12.5. The van der Waals surface area contributed by atoms with E-state index in [0.29, 0.717) is 12.7 Å². The molecule has 2 aliphatic rings. The Bertz CT molecular complexity index is 445. The van der Waals surface area contributed by atoms with Crippen molar-refractivity contribution < 1.29 is 14.6 Å². The summed E-state index contributed by atoms with van der Waals surface area (Å²) in [5.74, 6) is 1.01. The number of ether oxygens (including phenoxy) is 2. The molecule has 21 heavy (non-hydrogen) atoms. The summed E-state index contributed by atoms with van der Waals surface area (Å²) in [5.41, 5.74) is 1.21. The third kappa shape index (κ3) is 3.76. The first-order valence-corrected chi connectivity index (χ1v) is 8.04. The summed E-state index contributed by atoms with van der Waals surface area (Å²) < 4.78 is 11.6. The van der Waals surface area contributed by atoms with Crippen molar-refractivity contribution in [2.45, 2.75) is 44.4 Å². The zero-order valence-electron chi connectivity index (χ0n) is 12.5. The van der Waals surface area contributed by atoms with Crippen LogP contribution in [0.3, 0.4) is 0 Å². The van der Waals surface area contributed by atoms with E-state index in [0.717, 1.165) is 25.4 Å². The van der Waals surface area contributed by atoms with Crippen LogP contribution < -0.4 is 4.74 Å². The number of morpholine rings is 1. The minimum Gasteiger partial charge on any atom is -0.490 e. The molecule has 116 valence electrons. The van der Waals surface area contributed by atoms with Gasteiger partial charge in [-0.25, -0.2) is 0 Å². The number of rotatable bonds is 5. The van der Waals surface area contributed by atoms with Gasteiger partial charge in [0.2, 0.25) is 0 Å². The van der Waals surface area contributed by atoms with Crippen molar-refractivity contribution in [3.05, 3.63) is 29.8 Å². The minimum absolute atomic E-state index is 0.0956. The monoisotopic (exact) mass is 291 g/mol. The summed E-state index contributed by atoms with van der Waals surface area (Å²) >= 11 is 0. The van der Waals surface area contributed by atoms with E-state index < -0.39 is 0 Å². The van der Waals surface area contributed by atoms with Gasteiger partial charge >= 0.3 is 0 Å². The smallest absolute Gasteiger partial charge is 0.124 e. The fourth-order valence-corrected chi connectivity index (χ4v) is 3.22. The quantitative estimate of drug-likeness (QED) is 0.903. The average molecular weight is 291 g/mol. The van der Waals surface area contributed by atoms with Crippen LogP contribution in [-0.4, -0.2) is 48.5 Å². The van der Waals surface area contributed by atoms with Gasteiger partial charge in [0.25, 0.3) is 0 Å². The van der Waals surface area contributed by atoms with Gasteiger partial charge in [0, 0.05) is 18.7 Å². The number of hydrogen-bond donors (Lipinski definition) is 1. The lowest BCUT2D eigenvalue weighted by atomic mass is 10.1. The second kappa shape index (κ2) is 7.25. The van der Waals surface area contributed by atoms with Crippen LogP contribution in [0, 0.1) is 0 Å². The maximum atomic E-state index is 9.49. The lowest BCUT2D eigenvalue weighted by Crippen LogP contribution is -2.46. The maximum Gasteiger partial charge on any atom is 0.124 e. The summed E-state index contributed by atoms with van der Waals surface area (Å²) in [6.45, 7) is 3.18. The van der Waals surface area contributed by atoms with Crippen molar-refractivity contribution in [1.29, 1.82) is 0 Å². The number of nitrogens with zero attached hydrogens (tertiary/aromatic N) is 1. The van der Waals surface area contributed by atoms with E-state index in [-0.39, 0.29) is 12.6 Å². The van der Waals surface area contributed by atoms with Gasteiger partial charge in [-0.2, -0.15) is 0 Å². The van der Waals surface area contributed by atoms with Gasteiger partial charge in [-0.05, 0) is 31.7 Å². The predicted molar refractivity (Wildman–Crippen MR) is 81.4 cm³/mol. The summed E-state index contributed by atoms with van der Waals surface area (Å²) in [6.07, 6.45) is 5.28. The van der Waals surface area contributed by atoms with Gasteiger partial charge in [-0.15, -0.1) is 0 Å². The highest BCUT2D eigenvalue weighted by molar-refractivity contribution is 5.33. The van der Waals surface area contributed by atoms with Crippen molar-refractivity contribution in [3.8, 4) is 5.75 Å². The summed E-state index contributed by atoms with van der Waals surface area (Å²) in [5, 5.41) is 9.49. The van der Waals surface area contributed by atoms with Crippen LogP contribution in [0.1, 0.15) is 31.2 Å². The molecular formula is C17H25NO3. The largest absolute Gasteiger partial charge is 0.490 e. The van der Waals surface area contributed by atoms with E-state index in [4.69, 9.17) is 9.47 Å². The first kappa shape index (κ1) is 14.8. The van der Waals surface area contributed by atoms with Crippen LogP contribution in [0.15, 0.2) is 24.3 Å². The van der Waals surface area contributed by atoms with Crippen LogP contribution in [0.25, 0.3) is 0 Å². The average Bonchev–Trinajstić information content (AvgIpc) is 3.03. The standard InChI is InChI=1S/C17H25NO3/c19-12-15-13-20-10-9-18(15)11-14-5-1-4-8-17(14)21-16-6-2-3-7-16/h1,4-5,8,15-16,19H,2-3,6-7,9-13H2/t15-/m1/s1. The Morgan fingerprint density at radius 2 is 2.05 bits per heavy atom. The molecular weight excluding hydrogens is 266 g/mol. The first-order chi connectivity index (χ1) is 10.4. The van der Waals surface area contributed by atoms with Gasteiger partial charge < -0.3 is 14.6 Å². The van der Waals surface area contributed by atoms with E-state index in [1.165, 1.54) is 31.2 Å². The molecule has 2 fully saturated rings. The van der Waals surface area contributed by atoms with Crippen LogP contribution >= 0.6 is 0 Å². The Labute approximate surface area is 126 Å². The van der Waals surface area contributed by atoms with Gasteiger partial charge in [0.1, 0.15) is 5.75 Å². The van der Waals surface area contributed by atoms with Gasteiger partial charge in [0.15, 0.2) is 0 Å². The Hall–Kier alpha value is -1.10. The number of para-hydroxylation sites is 1. The molecule has 1 aromatic rings. The van der Waals surface area contributed by atoms with Crippen molar-refractivity contribution in [3.63, 3.8) is 0 Å². The zero-order chi connectivity index (χ0) is 14.5. The Morgan fingerprint density at radius 3 is 2.86 bits per heavy atom. The van der Waals surface area contributed by atoms with Gasteiger partial charge in [-0.3, -0.25) is 4.90 Å². The molecule has 1 aliphatic heterocycles. The second-order valence-electron chi connectivity index (χ2n) is 6.01. The second-order valence-corrected chi connectivity index (χ2v) is 6.01. The van der Waals surface area contributed by atoms with Crippen molar-refractivity contribution in [1.82, 2.24) is 4.90 Å². The normalized spacial score (nSPS) is 24.3. The summed E-state index contributed by atoms with van der Waals surface area (Å²) in [7, 11) is 0. The highest BCUT2D eigenvalue weighted by atomic mass is 16.5. The molecule has 0 spiro atoms. The first-order valence-electron chi connectivity index (χ1n) is 8.04. The van der Waals surface area contributed by atoms with Gasteiger partial charge in [-0.1, -0.05) is 18.2 Å². The Morgan fingerprint density at radius 1 is 1.24 bits per heavy atom. The molecule has 0 aromatic heterocycles. The number of aliphatic hydroxyl groups excluding tert-OH is 1. The van der Waals surface area contributed by atoms with Crippen LogP contribution in [0.5, 0.6) is 5.75 Å². The van der Waals surface area contributed by atoms with Crippen molar-refractivity contribution in [2.75, 3.05) is 26.4 Å². The van der Waals surface area contributed by atoms with E-state index in [2.05, 4.69) is 23.1 Å². The molecule has 1 aromatic carbocycles. The fraction of sp³-hybridized carbons (Fsp3) is 0.647. The highest BCUT2D eigenvalue weighted by Gasteiger charge is 2.24. The SMILES string of the molecule is OC[C@@H]1COCCN1Cc1ccccc1OC1CCCC1. The van der Waals surface area contributed by atoms with E-state index in [9.17, 15) is 5.11 Å². The lowest BCUT2D eigenvalue weighted by Gasteiger charge is -2.34. The molecule has 0 amide bonds. The molecule has 1 saturated carbocycles. The minimum atomic E-state index is 0.0956. The highest BCUT2D eigenvalue weighted by Crippen LogP contribution is 2.28. The fourth-order valence-electron chi connectivity index (χ4n) is 3.22. The molecule has 4 nitrogen and oxygen atoms in total. The molecule has 1 N–H and O–H groups in total. The molecule has 1 saturated heterocycles. The summed E-state index contributed by atoms with van der Waals surface area (Å²) in [6, 6.07) is 8.40. The number of hydrogen-bond acceptors (Lipinski definition) is 4. The third-order valence-corrected chi connectivity index (χ3v) is 4.50. The van der Waals surface area contributed by atoms with Crippen molar-refractivity contribution >= 4 is 0 Å². The molecule has 0 unspecified atom stereocenters. The summed E-state index contributed by atoms with van der Waals surface area (Å²) in [4.78, 5) is 2.29. The molecule has 3 rings (SSSR count). The van der Waals surface area contributed by atoms with Crippen LogP contribution in [0.4, 0.5) is 0 Å². The van der Waals surface area contributed by atoms with E-state index >= 15 is 0 Å². The molecule has 4 heteroatoms.